The van der Waals surface area contributed by atoms with Crippen LogP contribution in [0, 0.1) is 0 Å². The largest absolute Gasteiger partial charge is 0.372 e. The Kier molecular flexibility index (Phi) is 3.54. The van der Waals surface area contributed by atoms with E-state index in [0.29, 0.717) is 13.2 Å². The van der Waals surface area contributed by atoms with Crippen LogP contribution in [0.15, 0.2) is 42.5 Å². The first-order chi connectivity index (χ1) is 7.85. The SMILES string of the molecule is CCO[C@@H](CN)c1ccc2ccccc2c1. The van der Waals surface area contributed by atoms with Gasteiger partial charge in [0.25, 0.3) is 0 Å². The van der Waals surface area contributed by atoms with Crippen LogP contribution >= 0.6 is 0 Å². The van der Waals surface area contributed by atoms with Gasteiger partial charge in [0, 0.05) is 13.2 Å². The first kappa shape index (κ1) is 11.1. The van der Waals surface area contributed by atoms with E-state index in [1.54, 1.807) is 0 Å². The second kappa shape index (κ2) is 5.10. The lowest BCUT2D eigenvalue weighted by Crippen LogP contribution is -2.15. The number of hydrogen-bond donors (Lipinski definition) is 1. The molecule has 0 radical (unpaired) electrons. The Morgan fingerprint density at radius 3 is 2.56 bits per heavy atom. The Labute approximate surface area is 96.0 Å². The molecule has 0 aliphatic heterocycles. The van der Waals surface area contributed by atoms with Crippen LogP contribution in [0.5, 0.6) is 0 Å². The Hall–Kier alpha value is -1.38. The summed E-state index contributed by atoms with van der Waals surface area (Å²) in [6.07, 6.45) is 0.00889. The highest BCUT2D eigenvalue weighted by Crippen LogP contribution is 2.22. The van der Waals surface area contributed by atoms with Crippen LogP contribution in [0.2, 0.25) is 0 Å². The van der Waals surface area contributed by atoms with Crippen molar-refractivity contribution in [3.05, 3.63) is 48.0 Å². The molecule has 0 aliphatic rings. The summed E-state index contributed by atoms with van der Waals surface area (Å²) in [5.74, 6) is 0. The standard InChI is InChI=1S/C14H17NO/c1-2-16-14(10-15)13-8-7-11-5-3-4-6-12(11)9-13/h3-9,14H,2,10,15H2,1H3/t14-/m0/s1. The van der Waals surface area contributed by atoms with Crippen molar-refractivity contribution in [2.75, 3.05) is 13.2 Å². The summed E-state index contributed by atoms with van der Waals surface area (Å²) in [5.41, 5.74) is 6.87. The molecule has 0 amide bonds. The van der Waals surface area contributed by atoms with Crippen molar-refractivity contribution in [3.63, 3.8) is 0 Å². The molecule has 0 saturated carbocycles. The maximum atomic E-state index is 5.71. The molecule has 2 aromatic carbocycles. The molecule has 16 heavy (non-hydrogen) atoms. The van der Waals surface area contributed by atoms with Crippen LogP contribution in [0.4, 0.5) is 0 Å². The van der Waals surface area contributed by atoms with E-state index in [2.05, 4.69) is 30.3 Å². The fourth-order valence-corrected chi connectivity index (χ4v) is 1.91. The molecule has 2 nitrogen and oxygen atoms in total. The number of benzene rings is 2. The van der Waals surface area contributed by atoms with E-state index in [4.69, 9.17) is 10.5 Å². The van der Waals surface area contributed by atoms with Gasteiger partial charge in [0.2, 0.25) is 0 Å². The lowest BCUT2D eigenvalue weighted by atomic mass is 10.0. The average molecular weight is 215 g/mol. The molecular weight excluding hydrogens is 198 g/mol. The smallest absolute Gasteiger partial charge is 0.0947 e. The molecule has 1 atom stereocenters. The first-order valence-electron chi connectivity index (χ1n) is 5.65. The Bertz CT molecular complexity index is 467. The van der Waals surface area contributed by atoms with Crippen molar-refractivity contribution in [2.24, 2.45) is 5.73 Å². The van der Waals surface area contributed by atoms with E-state index in [9.17, 15) is 0 Å². The molecule has 0 bridgehead atoms. The summed E-state index contributed by atoms with van der Waals surface area (Å²) in [4.78, 5) is 0. The molecule has 0 aliphatic carbocycles. The van der Waals surface area contributed by atoms with Crippen LogP contribution in [0.1, 0.15) is 18.6 Å². The van der Waals surface area contributed by atoms with Gasteiger partial charge in [-0.05, 0) is 29.3 Å². The molecular formula is C14H17NO. The van der Waals surface area contributed by atoms with E-state index in [0.717, 1.165) is 5.56 Å². The van der Waals surface area contributed by atoms with Crippen molar-refractivity contribution in [3.8, 4) is 0 Å². The first-order valence-corrected chi connectivity index (χ1v) is 5.65. The third-order valence-electron chi connectivity index (χ3n) is 2.73. The van der Waals surface area contributed by atoms with E-state index in [-0.39, 0.29) is 6.10 Å². The van der Waals surface area contributed by atoms with Gasteiger partial charge in [-0.1, -0.05) is 36.4 Å². The summed E-state index contributed by atoms with van der Waals surface area (Å²) in [6.45, 7) is 3.20. The Morgan fingerprint density at radius 2 is 1.88 bits per heavy atom. The third-order valence-corrected chi connectivity index (χ3v) is 2.73. The molecule has 0 saturated heterocycles. The van der Waals surface area contributed by atoms with Gasteiger partial charge in [-0.2, -0.15) is 0 Å². The van der Waals surface area contributed by atoms with Gasteiger partial charge in [-0.3, -0.25) is 0 Å². The number of ether oxygens (including phenoxy) is 1. The summed E-state index contributed by atoms with van der Waals surface area (Å²) >= 11 is 0. The quantitative estimate of drug-likeness (QED) is 0.851. The van der Waals surface area contributed by atoms with Crippen molar-refractivity contribution in [2.45, 2.75) is 13.0 Å². The predicted molar refractivity (Wildman–Crippen MR) is 67.4 cm³/mol. The maximum Gasteiger partial charge on any atom is 0.0947 e. The number of fused-ring (bicyclic) bond motifs is 1. The van der Waals surface area contributed by atoms with Gasteiger partial charge in [0.05, 0.1) is 6.10 Å². The van der Waals surface area contributed by atoms with E-state index < -0.39 is 0 Å². The van der Waals surface area contributed by atoms with Gasteiger partial charge >= 0.3 is 0 Å². The summed E-state index contributed by atoms with van der Waals surface area (Å²) in [5, 5.41) is 2.48. The van der Waals surface area contributed by atoms with Crippen LogP contribution < -0.4 is 5.73 Å². The monoisotopic (exact) mass is 215 g/mol. The van der Waals surface area contributed by atoms with Crippen LogP contribution in [0.25, 0.3) is 10.8 Å². The topological polar surface area (TPSA) is 35.2 Å². The second-order valence-corrected chi connectivity index (χ2v) is 3.79. The van der Waals surface area contributed by atoms with Crippen LogP contribution in [-0.4, -0.2) is 13.2 Å². The number of rotatable bonds is 4. The van der Waals surface area contributed by atoms with E-state index in [1.807, 2.05) is 19.1 Å². The summed E-state index contributed by atoms with van der Waals surface area (Å²) < 4.78 is 5.60. The molecule has 0 aromatic heterocycles. The molecule has 2 rings (SSSR count). The third kappa shape index (κ3) is 2.23. The van der Waals surface area contributed by atoms with Gasteiger partial charge in [-0.25, -0.2) is 0 Å². The minimum Gasteiger partial charge on any atom is -0.372 e. The van der Waals surface area contributed by atoms with Gasteiger partial charge in [-0.15, -0.1) is 0 Å². The minimum atomic E-state index is 0.00889. The Morgan fingerprint density at radius 1 is 1.12 bits per heavy atom. The molecule has 2 N–H and O–H groups in total. The molecule has 2 aromatic rings. The normalized spacial score (nSPS) is 12.9. The molecule has 0 heterocycles. The van der Waals surface area contributed by atoms with Gasteiger partial charge < -0.3 is 10.5 Å². The average Bonchev–Trinajstić information content (AvgIpc) is 2.35. The molecule has 2 heteroatoms. The zero-order valence-corrected chi connectivity index (χ0v) is 9.52. The van der Waals surface area contributed by atoms with E-state index >= 15 is 0 Å². The van der Waals surface area contributed by atoms with Crippen molar-refractivity contribution < 1.29 is 4.74 Å². The van der Waals surface area contributed by atoms with Crippen LogP contribution in [0.3, 0.4) is 0 Å². The number of hydrogen-bond acceptors (Lipinski definition) is 2. The maximum absolute atomic E-state index is 5.71. The van der Waals surface area contributed by atoms with Crippen molar-refractivity contribution >= 4 is 10.8 Å². The second-order valence-electron chi connectivity index (χ2n) is 3.79. The lowest BCUT2D eigenvalue weighted by molar-refractivity contribution is 0.0689. The highest BCUT2D eigenvalue weighted by Gasteiger charge is 2.09. The van der Waals surface area contributed by atoms with Crippen molar-refractivity contribution in [1.29, 1.82) is 0 Å². The molecule has 0 fully saturated rings. The zero-order chi connectivity index (χ0) is 11.4. The summed E-state index contributed by atoms with van der Waals surface area (Å²) in [7, 11) is 0. The van der Waals surface area contributed by atoms with Gasteiger partial charge in [0.1, 0.15) is 0 Å². The highest BCUT2D eigenvalue weighted by atomic mass is 16.5. The highest BCUT2D eigenvalue weighted by molar-refractivity contribution is 5.83. The minimum absolute atomic E-state index is 0.00889. The number of nitrogens with two attached hydrogens (primary N) is 1. The fourth-order valence-electron chi connectivity index (χ4n) is 1.91. The lowest BCUT2D eigenvalue weighted by Gasteiger charge is -2.15. The fraction of sp³-hybridized carbons (Fsp3) is 0.286. The molecule has 84 valence electrons. The van der Waals surface area contributed by atoms with Crippen molar-refractivity contribution in [1.82, 2.24) is 0 Å². The van der Waals surface area contributed by atoms with Gasteiger partial charge in [0.15, 0.2) is 0 Å². The molecule has 0 unspecified atom stereocenters. The molecule has 0 spiro atoms. The zero-order valence-electron chi connectivity index (χ0n) is 9.52. The predicted octanol–water partition coefficient (Wildman–Crippen LogP) is 2.88. The summed E-state index contributed by atoms with van der Waals surface area (Å²) in [6, 6.07) is 14.7. The van der Waals surface area contributed by atoms with E-state index in [1.165, 1.54) is 10.8 Å². The Balaban J connectivity index is 2.37. The van der Waals surface area contributed by atoms with Crippen LogP contribution in [-0.2, 0) is 4.74 Å².